The van der Waals surface area contributed by atoms with E-state index in [-0.39, 0.29) is 5.41 Å². The number of likely N-dealkylation sites (tertiary alicyclic amines) is 1. The molecule has 4 heterocycles. The number of ether oxygens (including phenoxy) is 2. The second-order valence-corrected chi connectivity index (χ2v) is 8.05. The fourth-order valence-electron chi connectivity index (χ4n) is 4.21. The van der Waals surface area contributed by atoms with Crippen LogP contribution in [0, 0.1) is 5.41 Å². The molecule has 2 saturated heterocycles. The largest absolute Gasteiger partial charge is 0.377 e. The summed E-state index contributed by atoms with van der Waals surface area (Å²) in [5.41, 5.74) is 2.55. The van der Waals surface area contributed by atoms with Crippen LogP contribution in [0.3, 0.4) is 0 Å². The van der Waals surface area contributed by atoms with E-state index in [1.165, 1.54) is 12.0 Å². The second kappa shape index (κ2) is 7.96. The maximum atomic E-state index is 6.15. The molecule has 0 unspecified atom stereocenters. The number of rotatable bonds is 6. The summed E-state index contributed by atoms with van der Waals surface area (Å²) < 4.78 is 12.3. The summed E-state index contributed by atoms with van der Waals surface area (Å²) in [5, 5.41) is 4.42. The van der Waals surface area contributed by atoms with Gasteiger partial charge in [-0.05, 0) is 53.8 Å². The zero-order chi connectivity index (χ0) is 17.0. The van der Waals surface area contributed by atoms with Gasteiger partial charge < -0.3 is 9.47 Å². The molecule has 0 saturated carbocycles. The van der Waals surface area contributed by atoms with Crippen molar-refractivity contribution in [2.45, 2.75) is 38.5 Å². The number of pyridine rings is 1. The number of hydrogen-bond donors (Lipinski definition) is 0. The van der Waals surface area contributed by atoms with Crippen LogP contribution in [0.4, 0.5) is 0 Å². The van der Waals surface area contributed by atoms with Crippen molar-refractivity contribution < 1.29 is 9.47 Å². The molecular weight excluding hydrogens is 332 g/mol. The minimum atomic E-state index is 0.126. The minimum Gasteiger partial charge on any atom is -0.377 e. The smallest absolute Gasteiger partial charge is 0.0888 e. The quantitative estimate of drug-likeness (QED) is 0.788. The average molecular weight is 359 g/mol. The third-order valence-electron chi connectivity index (χ3n) is 5.42. The third kappa shape index (κ3) is 4.11. The van der Waals surface area contributed by atoms with Crippen LogP contribution < -0.4 is 0 Å². The first-order chi connectivity index (χ1) is 12.3. The molecule has 0 radical (unpaired) electrons. The lowest BCUT2D eigenvalue weighted by molar-refractivity contribution is -0.156. The fraction of sp³-hybridized carbons (Fsp3) is 0.550. The van der Waals surface area contributed by atoms with E-state index >= 15 is 0 Å². The Morgan fingerprint density at radius 3 is 3.20 bits per heavy atom. The molecule has 4 nitrogen and oxygen atoms in total. The Morgan fingerprint density at radius 1 is 1.36 bits per heavy atom. The molecule has 0 amide bonds. The second-order valence-electron chi connectivity index (χ2n) is 7.27. The molecule has 0 N–H and O–H groups in total. The van der Waals surface area contributed by atoms with Gasteiger partial charge in [0.1, 0.15) is 0 Å². The van der Waals surface area contributed by atoms with Gasteiger partial charge in [0.2, 0.25) is 0 Å². The van der Waals surface area contributed by atoms with Crippen molar-refractivity contribution in [2.75, 3.05) is 26.3 Å². The topological polar surface area (TPSA) is 34.6 Å². The molecule has 2 aliphatic heterocycles. The highest BCUT2D eigenvalue weighted by Crippen LogP contribution is 2.41. The zero-order valence-electron chi connectivity index (χ0n) is 14.6. The standard InChI is InChI=1S/C20H26N2O2S/c1-2-8-21-18(4-1)13-23-16-20-7-3-10-24-19(20)5-9-22(15-20)12-17-6-11-25-14-17/h1-2,4,6,8,11,14,19H,3,5,7,9-10,12-13,15-16H2/t19-,20-/m1/s1. The number of hydrogen-bond acceptors (Lipinski definition) is 5. The van der Waals surface area contributed by atoms with Crippen molar-refractivity contribution in [1.29, 1.82) is 0 Å². The summed E-state index contributed by atoms with van der Waals surface area (Å²) in [6.45, 7) is 5.46. The molecule has 25 heavy (non-hydrogen) atoms. The fourth-order valence-corrected chi connectivity index (χ4v) is 4.87. The Morgan fingerprint density at radius 2 is 2.36 bits per heavy atom. The first-order valence-corrected chi connectivity index (χ1v) is 10.1. The lowest BCUT2D eigenvalue weighted by Crippen LogP contribution is -2.56. The lowest BCUT2D eigenvalue weighted by Gasteiger charge is -2.50. The van der Waals surface area contributed by atoms with E-state index in [0.29, 0.717) is 12.7 Å². The summed E-state index contributed by atoms with van der Waals surface area (Å²) in [7, 11) is 0. The van der Waals surface area contributed by atoms with Gasteiger partial charge in [-0.3, -0.25) is 9.88 Å². The Hall–Kier alpha value is -1.27. The van der Waals surface area contributed by atoms with Crippen LogP contribution in [0.25, 0.3) is 0 Å². The van der Waals surface area contributed by atoms with Crippen LogP contribution in [0.5, 0.6) is 0 Å². The van der Waals surface area contributed by atoms with Gasteiger partial charge in [-0.25, -0.2) is 0 Å². The Balaban J connectivity index is 1.40. The Bertz CT molecular complexity index is 649. The molecule has 0 aromatic carbocycles. The summed E-state index contributed by atoms with van der Waals surface area (Å²) in [4.78, 5) is 6.94. The predicted octanol–water partition coefficient (Wildman–Crippen LogP) is 3.73. The van der Waals surface area contributed by atoms with Crippen LogP contribution in [0.15, 0.2) is 41.2 Å². The average Bonchev–Trinajstić information content (AvgIpc) is 3.15. The number of aromatic nitrogens is 1. The molecule has 2 atom stereocenters. The van der Waals surface area contributed by atoms with Crippen LogP contribution >= 0.6 is 11.3 Å². The van der Waals surface area contributed by atoms with E-state index in [9.17, 15) is 0 Å². The Kier molecular flexibility index (Phi) is 5.46. The van der Waals surface area contributed by atoms with Gasteiger partial charge in [0.25, 0.3) is 0 Å². The van der Waals surface area contributed by atoms with E-state index < -0.39 is 0 Å². The highest BCUT2D eigenvalue weighted by atomic mass is 32.1. The maximum absolute atomic E-state index is 6.15. The SMILES string of the molecule is c1ccc(COC[C@]23CCCO[C@@H]2CCN(Cc2ccsc2)C3)nc1. The van der Waals surface area contributed by atoms with Crippen molar-refractivity contribution in [3.63, 3.8) is 0 Å². The van der Waals surface area contributed by atoms with E-state index in [0.717, 1.165) is 51.4 Å². The van der Waals surface area contributed by atoms with Gasteiger partial charge in [0.05, 0.1) is 25.0 Å². The lowest BCUT2D eigenvalue weighted by atomic mass is 9.73. The van der Waals surface area contributed by atoms with Crippen molar-refractivity contribution in [3.8, 4) is 0 Å². The van der Waals surface area contributed by atoms with Gasteiger partial charge in [0, 0.05) is 37.9 Å². The molecule has 0 bridgehead atoms. The third-order valence-corrected chi connectivity index (χ3v) is 6.15. The summed E-state index contributed by atoms with van der Waals surface area (Å²) in [6.07, 6.45) is 5.60. The number of fused-ring (bicyclic) bond motifs is 1. The highest BCUT2D eigenvalue weighted by molar-refractivity contribution is 7.07. The number of nitrogens with zero attached hydrogens (tertiary/aromatic N) is 2. The molecule has 0 aliphatic carbocycles. The molecule has 2 aliphatic rings. The number of piperidine rings is 1. The first kappa shape index (κ1) is 17.2. The van der Waals surface area contributed by atoms with Crippen molar-refractivity contribution >= 4 is 11.3 Å². The molecule has 2 aromatic rings. The highest BCUT2D eigenvalue weighted by Gasteiger charge is 2.46. The maximum Gasteiger partial charge on any atom is 0.0888 e. The van der Waals surface area contributed by atoms with E-state index in [1.807, 2.05) is 24.4 Å². The molecule has 2 aromatic heterocycles. The van der Waals surface area contributed by atoms with Gasteiger partial charge >= 0.3 is 0 Å². The van der Waals surface area contributed by atoms with Crippen LogP contribution in [-0.4, -0.2) is 42.3 Å². The predicted molar refractivity (Wildman–Crippen MR) is 99.5 cm³/mol. The molecule has 4 rings (SSSR count). The molecular formula is C20H26N2O2S. The molecule has 0 spiro atoms. The van der Waals surface area contributed by atoms with Gasteiger partial charge in [-0.15, -0.1) is 0 Å². The van der Waals surface area contributed by atoms with Gasteiger partial charge in [-0.2, -0.15) is 11.3 Å². The normalized spacial score (nSPS) is 27.1. The van der Waals surface area contributed by atoms with E-state index in [1.54, 1.807) is 11.3 Å². The first-order valence-electron chi connectivity index (χ1n) is 9.17. The van der Waals surface area contributed by atoms with Crippen molar-refractivity contribution in [1.82, 2.24) is 9.88 Å². The van der Waals surface area contributed by atoms with Crippen LogP contribution in [-0.2, 0) is 22.6 Å². The van der Waals surface area contributed by atoms with Crippen molar-refractivity contribution in [3.05, 3.63) is 52.5 Å². The summed E-state index contributed by atoms with van der Waals surface area (Å²) in [6, 6.07) is 8.21. The Labute approximate surface area is 153 Å². The number of thiophene rings is 1. The minimum absolute atomic E-state index is 0.126. The van der Waals surface area contributed by atoms with E-state index in [4.69, 9.17) is 9.47 Å². The molecule has 2 fully saturated rings. The van der Waals surface area contributed by atoms with E-state index in [2.05, 4.69) is 26.7 Å². The van der Waals surface area contributed by atoms with Gasteiger partial charge in [0.15, 0.2) is 0 Å². The monoisotopic (exact) mass is 358 g/mol. The van der Waals surface area contributed by atoms with Crippen LogP contribution in [0.2, 0.25) is 0 Å². The molecule has 5 heteroatoms. The summed E-state index contributed by atoms with van der Waals surface area (Å²) in [5.74, 6) is 0. The zero-order valence-corrected chi connectivity index (χ0v) is 15.4. The van der Waals surface area contributed by atoms with Gasteiger partial charge in [-0.1, -0.05) is 6.07 Å². The van der Waals surface area contributed by atoms with Crippen molar-refractivity contribution in [2.24, 2.45) is 5.41 Å². The molecule has 134 valence electrons. The van der Waals surface area contributed by atoms with Crippen LogP contribution in [0.1, 0.15) is 30.5 Å². The summed E-state index contributed by atoms with van der Waals surface area (Å²) >= 11 is 1.78.